The molecule has 0 aliphatic rings. The molecular formula is C23H22FNO3. The van der Waals surface area contributed by atoms with Crippen LogP contribution < -0.4 is 10.1 Å². The Balaban J connectivity index is 1.74. The van der Waals surface area contributed by atoms with Crippen molar-refractivity contribution in [1.29, 1.82) is 0 Å². The van der Waals surface area contributed by atoms with Gasteiger partial charge in [0.25, 0.3) is 0 Å². The van der Waals surface area contributed by atoms with Gasteiger partial charge in [-0.3, -0.25) is 4.79 Å². The average Bonchev–Trinajstić information content (AvgIpc) is 2.72. The zero-order valence-corrected chi connectivity index (χ0v) is 15.5. The van der Waals surface area contributed by atoms with E-state index in [4.69, 9.17) is 4.74 Å². The van der Waals surface area contributed by atoms with Gasteiger partial charge in [0.15, 0.2) is 5.78 Å². The Morgan fingerprint density at radius 2 is 1.64 bits per heavy atom. The van der Waals surface area contributed by atoms with Crippen LogP contribution in [0, 0.1) is 5.82 Å². The van der Waals surface area contributed by atoms with E-state index in [1.807, 2.05) is 30.3 Å². The fraction of sp³-hybridized carbons (Fsp3) is 0.174. The van der Waals surface area contributed by atoms with Crippen LogP contribution in [0.5, 0.6) is 5.75 Å². The number of ether oxygens (including phenoxy) is 1. The van der Waals surface area contributed by atoms with Crippen molar-refractivity contribution >= 4 is 11.5 Å². The molecule has 2 atom stereocenters. The third-order valence-corrected chi connectivity index (χ3v) is 4.31. The number of ketones is 1. The summed E-state index contributed by atoms with van der Waals surface area (Å²) in [7, 11) is 0. The van der Waals surface area contributed by atoms with Crippen LogP contribution in [0.3, 0.4) is 0 Å². The summed E-state index contributed by atoms with van der Waals surface area (Å²) in [6.07, 6.45) is -1.13. The normalized spacial score (nSPS) is 12.8. The summed E-state index contributed by atoms with van der Waals surface area (Å²) >= 11 is 0. The van der Waals surface area contributed by atoms with Gasteiger partial charge in [-0.15, -0.1) is 0 Å². The van der Waals surface area contributed by atoms with Gasteiger partial charge in [-0.25, -0.2) is 4.39 Å². The van der Waals surface area contributed by atoms with Gasteiger partial charge < -0.3 is 15.2 Å². The van der Waals surface area contributed by atoms with E-state index in [0.717, 1.165) is 5.56 Å². The summed E-state index contributed by atoms with van der Waals surface area (Å²) in [5.74, 6) is -0.0521. The molecule has 2 N–H and O–H groups in total. The first-order chi connectivity index (χ1) is 13.5. The molecule has 0 aliphatic heterocycles. The molecule has 0 heterocycles. The van der Waals surface area contributed by atoms with Crippen molar-refractivity contribution in [2.24, 2.45) is 0 Å². The summed E-state index contributed by atoms with van der Waals surface area (Å²) in [4.78, 5) is 12.5. The number of halogens is 1. The molecule has 28 heavy (non-hydrogen) atoms. The molecule has 3 rings (SSSR count). The molecule has 5 heteroatoms. The molecule has 0 aromatic heterocycles. The monoisotopic (exact) mass is 379 g/mol. The first kappa shape index (κ1) is 19.6. The summed E-state index contributed by atoms with van der Waals surface area (Å²) in [5.41, 5.74) is 2.33. The molecule has 0 fully saturated rings. The van der Waals surface area contributed by atoms with Gasteiger partial charge in [0, 0.05) is 5.69 Å². The smallest absolute Gasteiger partial charge is 0.187 e. The van der Waals surface area contributed by atoms with E-state index in [1.54, 1.807) is 36.4 Å². The highest BCUT2D eigenvalue weighted by Gasteiger charge is 2.24. The molecule has 0 spiro atoms. The Bertz CT molecular complexity index is 893. The van der Waals surface area contributed by atoms with E-state index in [1.165, 1.54) is 19.1 Å². The first-order valence-electron chi connectivity index (χ1n) is 9.03. The second kappa shape index (κ2) is 9.15. The SMILES string of the molecule is CC(O)C(=O)C(Nc1ccc(F)cc1)c1ccc(OCc2ccccc2)cc1. The van der Waals surface area contributed by atoms with E-state index in [-0.39, 0.29) is 11.6 Å². The van der Waals surface area contributed by atoms with E-state index in [0.29, 0.717) is 23.6 Å². The quantitative estimate of drug-likeness (QED) is 0.605. The van der Waals surface area contributed by atoms with Gasteiger partial charge in [0.05, 0.1) is 0 Å². The fourth-order valence-corrected chi connectivity index (χ4v) is 2.77. The number of Topliss-reactive ketones (excluding diaryl/α,β-unsaturated/α-hetero) is 1. The predicted molar refractivity (Wildman–Crippen MR) is 107 cm³/mol. The Kier molecular flexibility index (Phi) is 6.40. The van der Waals surface area contributed by atoms with Gasteiger partial charge in [-0.2, -0.15) is 0 Å². The summed E-state index contributed by atoms with van der Waals surface area (Å²) in [5, 5.41) is 12.8. The molecule has 0 radical (unpaired) electrons. The van der Waals surface area contributed by atoms with Crippen LogP contribution in [0.25, 0.3) is 0 Å². The van der Waals surface area contributed by atoms with Crippen molar-refractivity contribution in [3.8, 4) is 5.75 Å². The van der Waals surface area contributed by atoms with Crippen molar-refractivity contribution in [2.45, 2.75) is 25.7 Å². The highest BCUT2D eigenvalue weighted by atomic mass is 19.1. The first-order valence-corrected chi connectivity index (χ1v) is 9.03. The van der Waals surface area contributed by atoms with Crippen LogP contribution in [0.2, 0.25) is 0 Å². The molecule has 0 saturated carbocycles. The Hall–Kier alpha value is -3.18. The van der Waals surface area contributed by atoms with Gasteiger partial charge >= 0.3 is 0 Å². The van der Waals surface area contributed by atoms with Crippen LogP contribution >= 0.6 is 0 Å². The maximum Gasteiger partial charge on any atom is 0.187 e. The molecule has 0 bridgehead atoms. The fourth-order valence-electron chi connectivity index (χ4n) is 2.77. The van der Waals surface area contributed by atoms with Crippen molar-refractivity contribution in [3.05, 3.63) is 95.8 Å². The van der Waals surface area contributed by atoms with Crippen LogP contribution in [-0.2, 0) is 11.4 Å². The van der Waals surface area contributed by atoms with E-state index >= 15 is 0 Å². The Morgan fingerprint density at radius 1 is 1.00 bits per heavy atom. The second-order valence-electron chi connectivity index (χ2n) is 6.51. The van der Waals surface area contributed by atoms with Crippen molar-refractivity contribution in [3.63, 3.8) is 0 Å². The number of aliphatic hydroxyl groups excluding tert-OH is 1. The molecule has 0 aliphatic carbocycles. The number of aliphatic hydroxyl groups is 1. The van der Waals surface area contributed by atoms with Crippen LogP contribution in [0.4, 0.5) is 10.1 Å². The lowest BCUT2D eigenvalue weighted by molar-refractivity contribution is -0.127. The molecule has 144 valence electrons. The molecule has 3 aromatic carbocycles. The third-order valence-electron chi connectivity index (χ3n) is 4.31. The maximum atomic E-state index is 13.1. The van der Waals surface area contributed by atoms with Crippen molar-refractivity contribution < 1.29 is 19.0 Å². The van der Waals surface area contributed by atoms with Gasteiger partial charge in [-0.1, -0.05) is 42.5 Å². The molecular weight excluding hydrogens is 357 g/mol. The highest BCUT2D eigenvalue weighted by Crippen LogP contribution is 2.24. The minimum absolute atomic E-state index is 0.358. The number of anilines is 1. The molecule has 2 unspecified atom stereocenters. The number of hydrogen-bond acceptors (Lipinski definition) is 4. The van der Waals surface area contributed by atoms with Crippen molar-refractivity contribution in [2.75, 3.05) is 5.32 Å². The molecule has 3 aromatic rings. The topological polar surface area (TPSA) is 58.6 Å². The van der Waals surface area contributed by atoms with Crippen molar-refractivity contribution in [1.82, 2.24) is 0 Å². The van der Waals surface area contributed by atoms with Gasteiger partial charge in [-0.05, 0) is 54.4 Å². The number of hydrogen-bond donors (Lipinski definition) is 2. The Labute approximate surface area is 163 Å². The highest BCUT2D eigenvalue weighted by molar-refractivity contribution is 5.91. The number of carbonyl (C=O) groups excluding carboxylic acids is 1. The lowest BCUT2D eigenvalue weighted by Gasteiger charge is -2.21. The zero-order valence-electron chi connectivity index (χ0n) is 15.5. The van der Waals surface area contributed by atoms with E-state index in [9.17, 15) is 14.3 Å². The summed E-state index contributed by atoms with van der Waals surface area (Å²) in [6.45, 7) is 1.88. The Morgan fingerprint density at radius 3 is 2.25 bits per heavy atom. The number of rotatable bonds is 8. The summed E-state index contributed by atoms with van der Waals surface area (Å²) < 4.78 is 18.9. The standard InChI is InChI=1S/C23H22FNO3/c1-16(26)23(27)22(25-20-11-9-19(24)10-12-20)18-7-13-21(14-8-18)28-15-17-5-3-2-4-6-17/h2-14,16,22,25-26H,15H2,1H3. The van der Waals surface area contributed by atoms with E-state index < -0.39 is 12.1 Å². The minimum atomic E-state index is -1.13. The second-order valence-corrected chi connectivity index (χ2v) is 6.51. The van der Waals surface area contributed by atoms with Crippen LogP contribution in [0.1, 0.15) is 24.1 Å². The molecule has 4 nitrogen and oxygen atoms in total. The van der Waals surface area contributed by atoms with E-state index in [2.05, 4.69) is 5.32 Å². The average molecular weight is 379 g/mol. The van der Waals surface area contributed by atoms with Gasteiger partial charge in [0.1, 0.15) is 30.3 Å². The molecule has 0 saturated heterocycles. The largest absolute Gasteiger partial charge is 0.489 e. The molecule has 0 amide bonds. The predicted octanol–water partition coefficient (Wildman–Crippen LogP) is 4.51. The van der Waals surface area contributed by atoms with Crippen LogP contribution in [-0.4, -0.2) is 17.0 Å². The lowest BCUT2D eigenvalue weighted by Crippen LogP contribution is -2.29. The maximum absolute atomic E-state index is 13.1. The number of nitrogens with one attached hydrogen (secondary N) is 1. The zero-order chi connectivity index (χ0) is 19.9. The number of carbonyl (C=O) groups is 1. The summed E-state index contributed by atoms with van der Waals surface area (Å²) in [6, 6.07) is 21.9. The number of benzene rings is 3. The van der Waals surface area contributed by atoms with Crippen LogP contribution in [0.15, 0.2) is 78.9 Å². The van der Waals surface area contributed by atoms with Gasteiger partial charge in [0.2, 0.25) is 0 Å². The lowest BCUT2D eigenvalue weighted by atomic mass is 9.99. The third kappa shape index (κ3) is 5.18. The minimum Gasteiger partial charge on any atom is -0.489 e.